The monoisotopic (exact) mass is 512 g/mol. The number of hydrogen-bond donors (Lipinski definition) is 6. The average molecular weight is 513 g/mol. The summed E-state index contributed by atoms with van der Waals surface area (Å²) in [6, 6.07) is 7.60. The zero-order valence-electron chi connectivity index (χ0n) is 19.1. The van der Waals surface area contributed by atoms with E-state index in [0.717, 1.165) is 29.9 Å². The van der Waals surface area contributed by atoms with Gasteiger partial charge < -0.3 is 35.4 Å². The van der Waals surface area contributed by atoms with Gasteiger partial charge in [-0.2, -0.15) is 0 Å². The summed E-state index contributed by atoms with van der Waals surface area (Å²) in [7, 11) is 0. The standard InChI is InChI=1S/C17H21ClN2O2.C6H8O7/c1-11-7-15(22-20-11)9-12-3-2-4-16(12)19-10-13-8-14(18)5-6-17(13)21;7-3(8)1-6(13,5(11)12)2-4(9)10/h5-8,12,16,19,21H,2-4,9-10H2,1H3;13H,1-2H2,(H,7,8)(H,9,10)(H,11,12)/t12-,16+;/m0./s1. The molecule has 1 saturated carbocycles. The van der Waals surface area contributed by atoms with E-state index < -0.39 is 36.4 Å². The normalized spacial score (nSPS) is 17.5. The van der Waals surface area contributed by atoms with Gasteiger partial charge in [-0.25, -0.2) is 4.79 Å². The van der Waals surface area contributed by atoms with Gasteiger partial charge in [-0.1, -0.05) is 23.2 Å². The van der Waals surface area contributed by atoms with E-state index in [1.807, 2.05) is 19.1 Å². The number of aliphatic carboxylic acids is 3. The second kappa shape index (κ2) is 12.5. The maximum absolute atomic E-state index is 10.3. The maximum atomic E-state index is 10.3. The number of nitrogens with zero attached hydrogens (tertiary/aromatic N) is 1. The molecule has 35 heavy (non-hydrogen) atoms. The van der Waals surface area contributed by atoms with Crippen LogP contribution in [0, 0.1) is 12.8 Å². The highest BCUT2D eigenvalue weighted by molar-refractivity contribution is 6.30. The highest BCUT2D eigenvalue weighted by Gasteiger charge is 2.40. The van der Waals surface area contributed by atoms with Crippen LogP contribution < -0.4 is 5.32 Å². The molecule has 0 radical (unpaired) electrons. The number of phenols is 1. The van der Waals surface area contributed by atoms with Crippen LogP contribution in [0.5, 0.6) is 5.75 Å². The van der Waals surface area contributed by atoms with Gasteiger partial charge in [0.25, 0.3) is 0 Å². The first-order chi connectivity index (χ1) is 16.4. The van der Waals surface area contributed by atoms with Gasteiger partial charge in [0.2, 0.25) is 0 Å². The number of carboxylic acid groups (broad SMARTS) is 3. The topological polar surface area (TPSA) is 190 Å². The van der Waals surface area contributed by atoms with Crippen molar-refractivity contribution in [2.45, 2.75) is 63.6 Å². The first-order valence-electron chi connectivity index (χ1n) is 10.9. The van der Waals surface area contributed by atoms with Crippen molar-refractivity contribution in [3.8, 4) is 5.75 Å². The number of nitrogens with one attached hydrogen (secondary N) is 1. The SMILES string of the molecule is Cc1cc(C[C@@H]2CCC[C@H]2NCc2cc(Cl)ccc2O)on1.O=C(O)CC(O)(CC(=O)O)C(=O)O. The molecule has 1 heterocycles. The van der Waals surface area contributed by atoms with E-state index in [1.54, 1.807) is 12.1 Å². The number of hydrogen-bond acceptors (Lipinski definition) is 8. The quantitative estimate of drug-likeness (QED) is 0.274. The van der Waals surface area contributed by atoms with Crippen LogP contribution in [0.3, 0.4) is 0 Å². The van der Waals surface area contributed by atoms with Crippen molar-refractivity contribution in [2.75, 3.05) is 0 Å². The summed E-state index contributed by atoms with van der Waals surface area (Å²) in [4.78, 5) is 30.5. The lowest BCUT2D eigenvalue weighted by atomic mass is 9.96. The molecule has 0 bridgehead atoms. The van der Waals surface area contributed by atoms with Crippen molar-refractivity contribution >= 4 is 29.5 Å². The second-order valence-corrected chi connectivity index (χ2v) is 9.00. The van der Waals surface area contributed by atoms with Crippen LogP contribution in [0.25, 0.3) is 0 Å². The predicted molar refractivity (Wildman–Crippen MR) is 123 cm³/mol. The lowest BCUT2D eigenvalue weighted by Crippen LogP contribution is -2.42. The molecule has 2 aromatic rings. The Morgan fingerprint density at radius 1 is 1.14 bits per heavy atom. The van der Waals surface area contributed by atoms with Crippen LogP contribution in [0.2, 0.25) is 5.02 Å². The van der Waals surface area contributed by atoms with Gasteiger partial charge in [-0.3, -0.25) is 9.59 Å². The Hall–Kier alpha value is -3.15. The fourth-order valence-electron chi connectivity index (χ4n) is 3.97. The lowest BCUT2D eigenvalue weighted by molar-refractivity contribution is -0.170. The number of benzene rings is 1. The maximum Gasteiger partial charge on any atom is 0.336 e. The van der Waals surface area contributed by atoms with E-state index in [4.69, 9.17) is 36.6 Å². The van der Waals surface area contributed by atoms with Crippen molar-refractivity contribution < 1.29 is 44.4 Å². The molecule has 0 unspecified atom stereocenters. The third-order valence-electron chi connectivity index (χ3n) is 5.68. The largest absolute Gasteiger partial charge is 0.508 e. The number of aromatic hydroxyl groups is 1. The highest BCUT2D eigenvalue weighted by Crippen LogP contribution is 2.30. The molecule has 1 fully saturated rings. The summed E-state index contributed by atoms with van der Waals surface area (Å²) in [5, 5.41) is 51.9. The molecule has 0 amide bonds. The molecule has 1 aliphatic carbocycles. The van der Waals surface area contributed by atoms with Crippen LogP contribution in [0.1, 0.15) is 49.1 Å². The van der Waals surface area contributed by atoms with E-state index >= 15 is 0 Å². The van der Waals surface area contributed by atoms with E-state index in [9.17, 15) is 19.5 Å². The molecule has 1 aromatic heterocycles. The summed E-state index contributed by atoms with van der Waals surface area (Å²) in [6.45, 7) is 2.57. The van der Waals surface area contributed by atoms with Crippen LogP contribution in [-0.4, -0.2) is 60.2 Å². The number of rotatable bonds is 10. The molecule has 6 N–H and O–H groups in total. The van der Waals surface area contributed by atoms with Gasteiger partial charge in [0, 0.05) is 35.7 Å². The summed E-state index contributed by atoms with van der Waals surface area (Å²) in [5.41, 5.74) is -0.965. The number of phenolic OH excluding ortho intramolecular Hbond substituents is 1. The van der Waals surface area contributed by atoms with E-state index in [-0.39, 0.29) is 5.75 Å². The molecule has 11 nitrogen and oxygen atoms in total. The Bertz CT molecular complexity index is 1020. The van der Waals surface area contributed by atoms with E-state index in [1.165, 1.54) is 12.8 Å². The number of carbonyl (C=O) groups is 3. The fraction of sp³-hybridized carbons (Fsp3) is 0.478. The summed E-state index contributed by atoms with van der Waals surface area (Å²) >= 11 is 5.99. The van der Waals surface area contributed by atoms with Gasteiger partial charge in [0.05, 0.1) is 18.5 Å². The zero-order chi connectivity index (χ0) is 26.2. The summed E-state index contributed by atoms with van der Waals surface area (Å²) < 4.78 is 5.34. The Balaban J connectivity index is 0.000000287. The molecule has 3 rings (SSSR count). The minimum absolute atomic E-state index is 0.289. The summed E-state index contributed by atoms with van der Waals surface area (Å²) in [6.07, 6.45) is 2.19. The van der Waals surface area contributed by atoms with Gasteiger partial charge in [0.15, 0.2) is 5.60 Å². The number of aromatic nitrogens is 1. The number of halogens is 1. The predicted octanol–water partition coefficient (Wildman–Crippen LogP) is 2.59. The first kappa shape index (κ1) is 28.1. The number of aryl methyl sites for hydroxylation is 1. The lowest BCUT2D eigenvalue weighted by Gasteiger charge is -2.20. The van der Waals surface area contributed by atoms with Crippen molar-refractivity contribution in [3.05, 3.63) is 46.3 Å². The minimum Gasteiger partial charge on any atom is -0.508 e. The van der Waals surface area contributed by atoms with E-state index in [2.05, 4.69) is 10.5 Å². The van der Waals surface area contributed by atoms with E-state index in [0.29, 0.717) is 23.5 Å². The van der Waals surface area contributed by atoms with Crippen LogP contribution in [0.15, 0.2) is 28.8 Å². The van der Waals surface area contributed by atoms with Crippen LogP contribution in [-0.2, 0) is 27.3 Å². The zero-order valence-corrected chi connectivity index (χ0v) is 19.9. The Kier molecular flexibility index (Phi) is 10.1. The molecular formula is C23H29ClN2O9. The molecule has 192 valence electrons. The Morgan fingerprint density at radius 3 is 2.34 bits per heavy atom. The molecule has 0 spiro atoms. The molecular weight excluding hydrogens is 484 g/mol. The number of aliphatic hydroxyl groups is 1. The van der Waals surface area contributed by atoms with Gasteiger partial charge in [0.1, 0.15) is 11.5 Å². The molecule has 1 aromatic carbocycles. The Morgan fingerprint density at radius 2 is 1.80 bits per heavy atom. The third kappa shape index (κ3) is 8.85. The number of carboxylic acids is 3. The minimum atomic E-state index is -2.74. The first-order valence-corrected chi connectivity index (χ1v) is 11.3. The molecule has 2 atom stereocenters. The molecule has 1 aliphatic rings. The van der Waals surface area contributed by atoms with Crippen molar-refractivity contribution in [1.29, 1.82) is 0 Å². The van der Waals surface area contributed by atoms with Crippen molar-refractivity contribution in [1.82, 2.24) is 10.5 Å². The smallest absolute Gasteiger partial charge is 0.336 e. The van der Waals surface area contributed by atoms with Crippen molar-refractivity contribution in [3.63, 3.8) is 0 Å². The van der Waals surface area contributed by atoms with Crippen LogP contribution >= 0.6 is 11.6 Å². The van der Waals surface area contributed by atoms with Gasteiger partial charge in [-0.15, -0.1) is 0 Å². The second-order valence-electron chi connectivity index (χ2n) is 8.57. The van der Waals surface area contributed by atoms with Gasteiger partial charge >= 0.3 is 17.9 Å². The molecule has 0 saturated heterocycles. The van der Waals surface area contributed by atoms with Crippen LogP contribution in [0.4, 0.5) is 0 Å². The van der Waals surface area contributed by atoms with Crippen molar-refractivity contribution in [2.24, 2.45) is 5.92 Å². The molecule has 0 aliphatic heterocycles. The summed E-state index contributed by atoms with van der Waals surface area (Å²) in [5.74, 6) is -3.22. The highest BCUT2D eigenvalue weighted by atomic mass is 35.5. The third-order valence-corrected chi connectivity index (χ3v) is 5.92. The Labute approximate surface area is 206 Å². The molecule has 12 heteroatoms. The fourth-order valence-corrected chi connectivity index (χ4v) is 4.17. The van der Waals surface area contributed by atoms with Gasteiger partial charge in [-0.05, 0) is 43.9 Å². The average Bonchev–Trinajstić information content (AvgIpc) is 3.36.